The van der Waals surface area contributed by atoms with Crippen LogP contribution in [0.5, 0.6) is 5.75 Å². The molecule has 1 aromatic rings. The van der Waals surface area contributed by atoms with Crippen molar-refractivity contribution in [3.63, 3.8) is 0 Å². The molecular weight excluding hydrogens is 248 g/mol. The van der Waals surface area contributed by atoms with Gasteiger partial charge < -0.3 is 20.9 Å². The predicted molar refractivity (Wildman–Crippen MR) is 69.4 cm³/mol. The van der Waals surface area contributed by atoms with E-state index in [1.165, 1.54) is 19.2 Å². The van der Waals surface area contributed by atoms with E-state index in [2.05, 4.69) is 10.1 Å². The molecule has 0 aromatic heterocycles. The number of ether oxygens (including phenoxy) is 1. The van der Waals surface area contributed by atoms with Gasteiger partial charge in [-0.2, -0.15) is 0 Å². The number of amides is 1. The van der Waals surface area contributed by atoms with Crippen LogP contribution in [0, 0.1) is 0 Å². The largest absolute Gasteiger partial charge is 0.508 e. The predicted octanol–water partition coefficient (Wildman–Crippen LogP) is -0.0587. The number of esters is 1. The number of carbonyl (C=O) groups is 2. The van der Waals surface area contributed by atoms with E-state index in [-0.39, 0.29) is 30.6 Å². The summed E-state index contributed by atoms with van der Waals surface area (Å²) in [7, 11) is 1.29. The molecule has 4 N–H and O–H groups in total. The number of hydrogen-bond donors (Lipinski definition) is 3. The average molecular weight is 266 g/mol. The fourth-order valence-electron chi connectivity index (χ4n) is 1.50. The fourth-order valence-corrected chi connectivity index (χ4v) is 1.50. The summed E-state index contributed by atoms with van der Waals surface area (Å²) in [5.74, 6) is -0.538. The van der Waals surface area contributed by atoms with Crippen molar-refractivity contribution in [3.05, 3.63) is 29.8 Å². The lowest BCUT2D eigenvalue weighted by Crippen LogP contribution is -2.42. The van der Waals surface area contributed by atoms with Crippen molar-refractivity contribution in [2.45, 2.75) is 18.9 Å². The molecule has 0 aliphatic heterocycles. The van der Waals surface area contributed by atoms with E-state index in [1.807, 2.05) is 0 Å². The van der Waals surface area contributed by atoms with Crippen LogP contribution in [0.25, 0.3) is 0 Å². The van der Waals surface area contributed by atoms with E-state index < -0.39 is 6.04 Å². The fraction of sp³-hybridized carbons (Fsp3) is 0.385. The van der Waals surface area contributed by atoms with Crippen LogP contribution in [0.1, 0.15) is 12.0 Å². The van der Waals surface area contributed by atoms with Crippen LogP contribution >= 0.6 is 0 Å². The summed E-state index contributed by atoms with van der Waals surface area (Å²) in [5.41, 5.74) is 6.60. The van der Waals surface area contributed by atoms with Gasteiger partial charge in [0.2, 0.25) is 5.91 Å². The van der Waals surface area contributed by atoms with Crippen LogP contribution in [0.2, 0.25) is 0 Å². The molecule has 6 heteroatoms. The molecule has 1 rings (SSSR count). The molecular formula is C13H18N2O4. The standard InChI is InChI=1S/C13H18N2O4/c1-19-12(17)6-7-15-13(18)11(14)8-9-2-4-10(16)5-3-9/h2-5,11,16H,6-8,14H2,1H3,(H,15,18)/t11-/m0/s1. The first-order valence-electron chi connectivity index (χ1n) is 5.91. The van der Waals surface area contributed by atoms with Crippen LogP contribution in [0.4, 0.5) is 0 Å². The highest BCUT2D eigenvalue weighted by Crippen LogP contribution is 2.10. The highest BCUT2D eigenvalue weighted by molar-refractivity contribution is 5.82. The van der Waals surface area contributed by atoms with Crippen molar-refractivity contribution < 1.29 is 19.4 Å². The molecule has 104 valence electrons. The molecule has 0 saturated carbocycles. The molecule has 0 unspecified atom stereocenters. The van der Waals surface area contributed by atoms with Gasteiger partial charge in [0.15, 0.2) is 0 Å². The molecule has 0 radical (unpaired) electrons. The number of carbonyl (C=O) groups excluding carboxylic acids is 2. The number of aromatic hydroxyl groups is 1. The summed E-state index contributed by atoms with van der Waals surface area (Å²) in [4.78, 5) is 22.5. The highest BCUT2D eigenvalue weighted by atomic mass is 16.5. The Hall–Kier alpha value is -2.08. The zero-order valence-electron chi connectivity index (χ0n) is 10.8. The van der Waals surface area contributed by atoms with Gasteiger partial charge in [-0.05, 0) is 24.1 Å². The van der Waals surface area contributed by atoms with E-state index >= 15 is 0 Å². The second-order valence-electron chi connectivity index (χ2n) is 4.09. The Kier molecular flexibility index (Phi) is 5.81. The van der Waals surface area contributed by atoms with E-state index in [4.69, 9.17) is 10.8 Å². The van der Waals surface area contributed by atoms with Gasteiger partial charge in [-0.25, -0.2) is 0 Å². The van der Waals surface area contributed by atoms with Gasteiger partial charge in [0.1, 0.15) is 5.75 Å². The summed E-state index contributed by atoms with van der Waals surface area (Å²) in [6, 6.07) is 5.80. The zero-order valence-corrected chi connectivity index (χ0v) is 10.8. The molecule has 0 bridgehead atoms. The van der Waals surface area contributed by atoms with Crippen LogP contribution in [-0.4, -0.2) is 36.7 Å². The van der Waals surface area contributed by atoms with E-state index in [1.54, 1.807) is 12.1 Å². The van der Waals surface area contributed by atoms with Crippen molar-refractivity contribution >= 4 is 11.9 Å². The number of nitrogens with one attached hydrogen (secondary N) is 1. The molecule has 1 amide bonds. The number of nitrogens with two attached hydrogens (primary N) is 1. The summed E-state index contributed by atoms with van der Waals surface area (Å²) in [5, 5.41) is 11.7. The topological polar surface area (TPSA) is 102 Å². The monoisotopic (exact) mass is 266 g/mol. The first-order chi connectivity index (χ1) is 9.02. The minimum Gasteiger partial charge on any atom is -0.508 e. The summed E-state index contributed by atoms with van der Waals surface area (Å²) < 4.78 is 4.45. The van der Waals surface area contributed by atoms with Crippen molar-refractivity contribution in [1.29, 1.82) is 0 Å². The van der Waals surface area contributed by atoms with Crippen molar-refractivity contribution in [3.8, 4) is 5.75 Å². The van der Waals surface area contributed by atoms with Crippen LogP contribution < -0.4 is 11.1 Å². The molecule has 0 saturated heterocycles. The Balaban J connectivity index is 2.36. The van der Waals surface area contributed by atoms with E-state index in [0.29, 0.717) is 6.42 Å². The Bertz CT molecular complexity index is 431. The zero-order chi connectivity index (χ0) is 14.3. The third kappa shape index (κ3) is 5.39. The lowest BCUT2D eigenvalue weighted by molar-refractivity contribution is -0.140. The van der Waals surface area contributed by atoms with Gasteiger partial charge in [-0.1, -0.05) is 12.1 Å². The van der Waals surface area contributed by atoms with Crippen LogP contribution in [-0.2, 0) is 20.7 Å². The first-order valence-corrected chi connectivity index (χ1v) is 5.91. The molecule has 1 atom stereocenters. The molecule has 6 nitrogen and oxygen atoms in total. The number of rotatable bonds is 6. The molecule has 0 fully saturated rings. The molecule has 1 aromatic carbocycles. The van der Waals surface area contributed by atoms with Gasteiger partial charge in [-0.15, -0.1) is 0 Å². The minimum atomic E-state index is -0.692. The maximum Gasteiger partial charge on any atom is 0.307 e. The maximum atomic E-state index is 11.6. The van der Waals surface area contributed by atoms with Crippen molar-refractivity contribution in [1.82, 2.24) is 5.32 Å². The van der Waals surface area contributed by atoms with Crippen LogP contribution in [0.3, 0.4) is 0 Å². The highest BCUT2D eigenvalue weighted by Gasteiger charge is 2.14. The maximum absolute atomic E-state index is 11.6. The van der Waals surface area contributed by atoms with Gasteiger partial charge in [0, 0.05) is 6.54 Å². The van der Waals surface area contributed by atoms with Crippen molar-refractivity contribution in [2.24, 2.45) is 5.73 Å². The molecule has 0 aliphatic carbocycles. The number of benzene rings is 1. The Morgan fingerprint density at radius 3 is 2.58 bits per heavy atom. The number of methoxy groups -OCH3 is 1. The average Bonchev–Trinajstić information content (AvgIpc) is 2.40. The lowest BCUT2D eigenvalue weighted by Gasteiger charge is -2.12. The van der Waals surface area contributed by atoms with Gasteiger partial charge in [-0.3, -0.25) is 9.59 Å². The minimum absolute atomic E-state index is 0.119. The Morgan fingerprint density at radius 2 is 2.00 bits per heavy atom. The normalized spacial score (nSPS) is 11.7. The Labute approximate surface area is 111 Å². The first kappa shape index (κ1) is 15.0. The van der Waals surface area contributed by atoms with Gasteiger partial charge in [0.05, 0.1) is 19.6 Å². The summed E-state index contributed by atoms with van der Waals surface area (Å²) in [6.07, 6.45) is 0.485. The molecule has 0 spiro atoms. The number of hydrogen-bond acceptors (Lipinski definition) is 5. The third-order valence-corrected chi connectivity index (χ3v) is 2.58. The van der Waals surface area contributed by atoms with Crippen LogP contribution in [0.15, 0.2) is 24.3 Å². The second-order valence-corrected chi connectivity index (χ2v) is 4.09. The smallest absolute Gasteiger partial charge is 0.307 e. The van der Waals surface area contributed by atoms with E-state index in [9.17, 15) is 9.59 Å². The van der Waals surface area contributed by atoms with Gasteiger partial charge in [0.25, 0.3) is 0 Å². The third-order valence-electron chi connectivity index (χ3n) is 2.58. The van der Waals surface area contributed by atoms with Crippen molar-refractivity contribution in [2.75, 3.05) is 13.7 Å². The molecule has 19 heavy (non-hydrogen) atoms. The molecule has 0 heterocycles. The molecule has 0 aliphatic rings. The Morgan fingerprint density at radius 1 is 1.37 bits per heavy atom. The number of phenols is 1. The quantitative estimate of drug-likeness (QED) is 0.626. The van der Waals surface area contributed by atoms with Gasteiger partial charge >= 0.3 is 5.97 Å². The van der Waals surface area contributed by atoms with E-state index in [0.717, 1.165) is 5.56 Å². The number of phenolic OH excluding ortho intramolecular Hbond substituents is 1. The SMILES string of the molecule is COC(=O)CCNC(=O)[C@@H](N)Cc1ccc(O)cc1. The second kappa shape index (κ2) is 7.38. The summed E-state index contributed by atoms with van der Waals surface area (Å²) in [6.45, 7) is 0.203. The lowest BCUT2D eigenvalue weighted by atomic mass is 10.1. The summed E-state index contributed by atoms with van der Waals surface area (Å²) >= 11 is 0.